The molecule has 1 atom stereocenters. The Balaban J connectivity index is 2.19. The number of nitrogens with zero attached hydrogens (tertiary/aromatic N) is 1. The molecule has 1 rings (SSSR count). The predicted molar refractivity (Wildman–Crippen MR) is 71.8 cm³/mol. The fourth-order valence-electron chi connectivity index (χ4n) is 2.63. The highest BCUT2D eigenvalue weighted by Gasteiger charge is 2.16. The van der Waals surface area contributed by atoms with E-state index in [1.165, 1.54) is 58.3 Å². The minimum atomic E-state index is 0.802. The summed E-state index contributed by atoms with van der Waals surface area (Å²) in [5, 5.41) is 3.59. The van der Waals surface area contributed by atoms with Crippen molar-refractivity contribution in [3.05, 3.63) is 0 Å². The Morgan fingerprint density at radius 1 is 1.25 bits per heavy atom. The van der Waals surface area contributed by atoms with Gasteiger partial charge in [0.1, 0.15) is 0 Å². The maximum atomic E-state index is 3.59. The van der Waals surface area contributed by atoms with Gasteiger partial charge in [0.2, 0.25) is 0 Å². The molecule has 1 N–H and O–H groups in total. The highest BCUT2D eigenvalue weighted by atomic mass is 15.1. The van der Waals surface area contributed by atoms with Gasteiger partial charge in [0.25, 0.3) is 0 Å². The van der Waals surface area contributed by atoms with E-state index < -0.39 is 0 Å². The molecule has 1 saturated heterocycles. The van der Waals surface area contributed by atoms with Crippen LogP contribution in [-0.2, 0) is 0 Å². The first kappa shape index (κ1) is 14.0. The number of rotatable bonds is 8. The van der Waals surface area contributed by atoms with Gasteiger partial charge in [-0.25, -0.2) is 0 Å². The first-order valence-corrected chi connectivity index (χ1v) is 7.25. The second-order valence-corrected chi connectivity index (χ2v) is 5.16. The molecule has 0 aromatic carbocycles. The van der Waals surface area contributed by atoms with Gasteiger partial charge in [-0.2, -0.15) is 0 Å². The van der Waals surface area contributed by atoms with Crippen molar-refractivity contribution in [1.29, 1.82) is 0 Å². The summed E-state index contributed by atoms with van der Waals surface area (Å²) in [6, 6.07) is 0.802. The lowest BCUT2D eigenvalue weighted by molar-refractivity contribution is 0.224. The van der Waals surface area contributed by atoms with Crippen molar-refractivity contribution >= 4 is 0 Å². The van der Waals surface area contributed by atoms with E-state index in [1.54, 1.807) is 0 Å². The van der Waals surface area contributed by atoms with Gasteiger partial charge in [-0.1, -0.05) is 33.6 Å². The van der Waals surface area contributed by atoms with Gasteiger partial charge < -0.3 is 10.2 Å². The maximum absolute atomic E-state index is 3.59. The fraction of sp³-hybridized carbons (Fsp3) is 1.00. The zero-order chi connectivity index (χ0) is 11.8. The topological polar surface area (TPSA) is 15.3 Å². The van der Waals surface area contributed by atoms with Gasteiger partial charge in [0.15, 0.2) is 0 Å². The monoisotopic (exact) mass is 226 g/mol. The molecule has 1 aliphatic heterocycles. The van der Waals surface area contributed by atoms with Gasteiger partial charge in [-0.05, 0) is 44.8 Å². The molecule has 2 nitrogen and oxygen atoms in total. The van der Waals surface area contributed by atoms with Crippen LogP contribution in [0.1, 0.15) is 52.9 Å². The molecule has 0 amide bonds. The van der Waals surface area contributed by atoms with Crippen LogP contribution in [0.15, 0.2) is 0 Å². The van der Waals surface area contributed by atoms with Gasteiger partial charge in [-0.3, -0.25) is 0 Å². The highest BCUT2D eigenvalue weighted by Crippen LogP contribution is 2.13. The summed E-state index contributed by atoms with van der Waals surface area (Å²) in [6.45, 7) is 12.0. The number of hydrogen-bond donors (Lipinski definition) is 1. The average Bonchev–Trinajstić information content (AvgIpc) is 2.83. The summed E-state index contributed by atoms with van der Waals surface area (Å²) in [7, 11) is 0. The van der Waals surface area contributed by atoms with Crippen LogP contribution in [0.4, 0.5) is 0 Å². The van der Waals surface area contributed by atoms with Crippen molar-refractivity contribution in [2.45, 2.75) is 58.9 Å². The molecular formula is C14H30N2. The zero-order valence-electron chi connectivity index (χ0n) is 11.5. The van der Waals surface area contributed by atoms with Crippen molar-refractivity contribution in [3.63, 3.8) is 0 Å². The summed E-state index contributed by atoms with van der Waals surface area (Å²) < 4.78 is 0. The van der Waals surface area contributed by atoms with Crippen molar-refractivity contribution in [3.8, 4) is 0 Å². The van der Waals surface area contributed by atoms with Gasteiger partial charge >= 0.3 is 0 Å². The Kier molecular flexibility index (Phi) is 7.06. The van der Waals surface area contributed by atoms with Gasteiger partial charge in [-0.15, -0.1) is 0 Å². The molecule has 0 aromatic heterocycles. The quantitative estimate of drug-likeness (QED) is 0.684. The van der Waals surface area contributed by atoms with Gasteiger partial charge in [0.05, 0.1) is 0 Å². The van der Waals surface area contributed by atoms with E-state index in [0.29, 0.717) is 0 Å². The van der Waals surface area contributed by atoms with Crippen LogP contribution in [0, 0.1) is 5.92 Å². The first-order valence-electron chi connectivity index (χ1n) is 7.25. The summed E-state index contributed by atoms with van der Waals surface area (Å²) in [6.07, 6.45) is 6.77. The second kappa shape index (κ2) is 8.08. The molecule has 0 saturated carbocycles. The lowest BCUT2D eigenvalue weighted by atomic mass is 10.0. The first-order chi connectivity index (χ1) is 7.80. The molecule has 1 heterocycles. The molecule has 0 aromatic rings. The lowest BCUT2D eigenvalue weighted by Gasteiger charge is -2.26. The predicted octanol–water partition coefficient (Wildman–Crippen LogP) is 2.89. The SMILES string of the molecule is CCC(CC)CN(CC)CCC1CCCN1. The molecule has 0 bridgehead atoms. The van der Waals surface area contributed by atoms with Crippen molar-refractivity contribution in [1.82, 2.24) is 10.2 Å². The molecule has 1 fully saturated rings. The molecule has 1 aliphatic rings. The molecule has 96 valence electrons. The van der Waals surface area contributed by atoms with Crippen LogP contribution >= 0.6 is 0 Å². The Bertz CT molecular complexity index is 160. The highest BCUT2D eigenvalue weighted by molar-refractivity contribution is 4.75. The van der Waals surface area contributed by atoms with Crippen molar-refractivity contribution in [2.24, 2.45) is 5.92 Å². The van der Waals surface area contributed by atoms with Crippen LogP contribution in [0.5, 0.6) is 0 Å². The fourth-order valence-corrected chi connectivity index (χ4v) is 2.63. The molecule has 0 spiro atoms. The smallest absolute Gasteiger partial charge is 0.00797 e. The summed E-state index contributed by atoms with van der Waals surface area (Å²) in [4.78, 5) is 2.64. The van der Waals surface area contributed by atoms with Crippen LogP contribution in [0.3, 0.4) is 0 Å². The Morgan fingerprint density at radius 2 is 2.00 bits per heavy atom. The minimum absolute atomic E-state index is 0.802. The molecule has 2 heteroatoms. The van der Waals surface area contributed by atoms with Crippen molar-refractivity contribution < 1.29 is 0 Å². The average molecular weight is 226 g/mol. The Labute approximate surface area is 102 Å². The molecule has 1 unspecified atom stereocenters. The number of nitrogens with one attached hydrogen (secondary N) is 1. The molecule has 0 radical (unpaired) electrons. The standard InChI is InChI=1S/C14H30N2/c1-4-13(5-2)12-16(6-3)11-9-14-8-7-10-15-14/h13-15H,4-12H2,1-3H3. The Hall–Kier alpha value is -0.0800. The zero-order valence-corrected chi connectivity index (χ0v) is 11.5. The molecular weight excluding hydrogens is 196 g/mol. The van der Waals surface area contributed by atoms with Crippen molar-refractivity contribution in [2.75, 3.05) is 26.2 Å². The van der Waals surface area contributed by atoms with E-state index in [4.69, 9.17) is 0 Å². The largest absolute Gasteiger partial charge is 0.314 e. The van der Waals surface area contributed by atoms with E-state index in [2.05, 4.69) is 31.0 Å². The summed E-state index contributed by atoms with van der Waals surface area (Å²) in [5.41, 5.74) is 0. The lowest BCUT2D eigenvalue weighted by Crippen LogP contribution is -2.33. The van der Waals surface area contributed by atoms with Crippen LogP contribution < -0.4 is 5.32 Å². The third kappa shape index (κ3) is 4.84. The molecule has 0 aliphatic carbocycles. The van der Waals surface area contributed by atoms with E-state index >= 15 is 0 Å². The van der Waals surface area contributed by atoms with E-state index in [-0.39, 0.29) is 0 Å². The van der Waals surface area contributed by atoms with Gasteiger partial charge in [0, 0.05) is 12.6 Å². The van der Waals surface area contributed by atoms with Crippen LogP contribution in [0.25, 0.3) is 0 Å². The summed E-state index contributed by atoms with van der Waals surface area (Å²) in [5.74, 6) is 0.900. The molecule has 16 heavy (non-hydrogen) atoms. The van der Waals surface area contributed by atoms with E-state index in [9.17, 15) is 0 Å². The summed E-state index contributed by atoms with van der Waals surface area (Å²) >= 11 is 0. The normalized spacial score (nSPS) is 21.2. The van der Waals surface area contributed by atoms with E-state index in [0.717, 1.165) is 12.0 Å². The minimum Gasteiger partial charge on any atom is -0.314 e. The second-order valence-electron chi connectivity index (χ2n) is 5.16. The number of hydrogen-bond acceptors (Lipinski definition) is 2. The third-order valence-corrected chi connectivity index (χ3v) is 4.07. The third-order valence-electron chi connectivity index (χ3n) is 4.07. The van der Waals surface area contributed by atoms with Crippen LogP contribution in [0.2, 0.25) is 0 Å². The maximum Gasteiger partial charge on any atom is 0.00797 e. The van der Waals surface area contributed by atoms with Crippen LogP contribution in [-0.4, -0.2) is 37.1 Å². The van der Waals surface area contributed by atoms with E-state index in [1.807, 2.05) is 0 Å². The Morgan fingerprint density at radius 3 is 2.50 bits per heavy atom.